The van der Waals surface area contributed by atoms with E-state index in [1.807, 2.05) is 37.3 Å². The fraction of sp³-hybridized carbons (Fsp3) is 0.391. The van der Waals surface area contributed by atoms with Crippen molar-refractivity contribution in [2.24, 2.45) is 0 Å². The Morgan fingerprint density at radius 3 is 2.59 bits per heavy atom. The van der Waals surface area contributed by atoms with Gasteiger partial charge in [0.25, 0.3) is 0 Å². The maximum absolute atomic E-state index is 10.8. The van der Waals surface area contributed by atoms with Gasteiger partial charge in [-0.2, -0.15) is 0 Å². The van der Waals surface area contributed by atoms with Crippen LogP contribution in [-0.2, 0) is 11.2 Å². The number of aromatic hydroxyl groups is 1. The number of benzene rings is 2. The number of ether oxygens (including phenoxy) is 1. The van der Waals surface area contributed by atoms with E-state index in [9.17, 15) is 15.3 Å². The lowest BCUT2D eigenvalue weighted by atomic mass is 9.98. The predicted octanol–water partition coefficient (Wildman–Crippen LogP) is 3.49. The Bertz CT molecular complexity index is 978. The van der Waals surface area contributed by atoms with Crippen LogP contribution in [0, 0.1) is 0 Å². The van der Waals surface area contributed by atoms with Gasteiger partial charge < -0.3 is 29.8 Å². The molecule has 0 radical (unpaired) electrons. The van der Waals surface area contributed by atoms with E-state index in [1.165, 1.54) is 0 Å². The lowest BCUT2D eigenvalue weighted by Crippen LogP contribution is -2.36. The molecule has 29 heavy (non-hydrogen) atoms. The number of hydrogen-bond acceptors (Lipinski definition) is 6. The zero-order valence-electron chi connectivity index (χ0n) is 16.5. The average Bonchev–Trinajstić information content (AvgIpc) is 3.41. The molecular weight excluding hydrogens is 370 g/mol. The monoisotopic (exact) mass is 397 g/mol. The van der Waals surface area contributed by atoms with E-state index in [1.54, 1.807) is 12.1 Å². The summed E-state index contributed by atoms with van der Waals surface area (Å²) in [4.78, 5) is 0. The van der Waals surface area contributed by atoms with Gasteiger partial charge in [-0.15, -0.1) is 0 Å². The van der Waals surface area contributed by atoms with Crippen LogP contribution in [0.2, 0.25) is 0 Å². The normalized spacial score (nSPS) is 16.2. The molecular formula is C23H27NO5. The molecule has 4 N–H and O–H groups in total. The Labute approximate surface area is 169 Å². The summed E-state index contributed by atoms with van der Waals surface area (Å²) in [6.07, 6.45) is 1.28. The summed E-state index contributed by atoms with van der Waals surface area (Å²) >= 11 is 0. The lowest BCUT2D eigenvalue weighted by molar-refractivity contribution is -0.0969. The minimum absolute atomic E-state index is 0.112. The molecule has 0 amide bonds. The third-order valence-corrected chi connectivity index (χ3v) is 5.61. The molecule has 6 heteroatoms. The highest BCUT2D eigenvalue weighted by atomic mass is 16.6. The zero-order valence-corrected chi connectivity index (χ0v) is 16.5. The fourth-order valence-electron chi connectivity index (χ4n) is 3.80. The molecule has 1 unspecified atom stereocenters. The van der Waals surface area contributed by atoms with Crippen LogP contribution < -0.4 is 5.32 Å². The molecule has 1 fully saturated rings. The van der Waals surface area contributed by atoms with E-state index >= 15 is 0 Å². The molecule has 4 rings (SSSR count). The number of phenols is 1. The van der Waals surface area contributed by atoms with Crippen molar-refractivity contribution in [1.82, 2.24) is 5.32 Å². The van der Waals surface area contributed by atoms with E-state index in [0.29, 0.717) is 47.4 Å². The molecule has 154 valence electrons. The molecule has 1 atom stereocenters. The Morgan fingerprint density at radius 2 is 1.93 bits per heavy atom. The van der Waals surface area contributed by atoms with Crippen molar-refractivity contribution in [3.05, 3.63) is 53.6 Å². The van der Waals surface area contributed by atoms with Gasteiger partial charge in [-0.1, -0.05) is 30.3 Å². The Morgan fingerprint density at radius 1 is 1.17 bits per heavy atom. The summed E-state index contributed by atoms with van der Waals surface area (Å²) in [5.74, 6) is 0.689. The third-order valence-electron chi connectivity index (χ3n) is 5.61. The second-order valence-electron chi connectivity index (χ2n) is 7.57. The molecule has 2 aromatic carbocycles. The van der Waals surface area contributed by atoms with Crippen LogP contribution in [0.1, 0.15) is 37.2 Å². The zero-order chi connectivity index (χ0) is 20.4. The molecule has 1 aliphatic rings. The van der Waals surface area contributed by atoms with Crippen molar-refractivity contribution >= 4 is 11.0 Å². The molecule has 1 saturated carbocycles. The summed E-state index contributed by atoms with van der Waals surface area (Å²) in [6, 6.07) is 12.9. The van der Waals surface area contributed by atoms with Crippen LogP contribution in [0.15, 0.2) is 46.9 Å². The van der Waals surface area contributed by atoms with Gasteiger partial charge in [0.2, 0.25) is 0 Å². The second kappa shape index (κ2) is 8.16. The van der Waals surface area contributed by atoms with E-state index in [4.69, 9.17) is 9.15 Å². The average molecular weight is 397 g/mol. The predicted molar refractivity (Wildman–Crippen MR) is 111 cm³/mol. The fourth-order valence-corrected chi connectivity index (χ4v) is 3.80. The summed E-state index contributed by atoms with van der Waals surface area (Å²) in [7, 11) is 0. The van der Waals surface area contributed by atoms with Crippen LogP contribution in [0.5, 0.6) is 5.75 Å². The summed E-state index contributed by atoms with van der Waals surface area (Å²) in [5, 5.41) is 34.9. The Kier molecular flexibility index (Phi) is 5.61. The molecule has 0 saturated heterocycles. The van der Waals surface area contributed by atoms with Gasteiger partial charge in [0.1, 0.15) is 17.1 Å². The summed E-state index contributed by atoms with van der Waals surface area (Å²) in [6.45, 7) is 2.88. The number of fused-ring (bicyclic) bond motifs is 1. The quantitative estimate of drug-likeness (QED) is 0.413. The first kappa shape index (κ1) is 19.9. The van der Waals surface area contributed by atoms with Gasteiger partial charge >= 0.3 is 0 Å². The highest BCUT2D eigenvalue weighted by Crippen LogP contribution is 2.42. The van der Waals surface area contributed by atoms with Gasteiger partial charge in [-0.05, 0) is 44.9 Å². The number of hydrogen-bond donors (Lipinski definition) is 4. The van der Waals surface area contributed by atoms with Crippen molar-refractivity contribution < 1.29 is 24.5 Å². The maximum Gasteiger partial charge on any atom is 0.185 e. The number of nitrogens with one attached hydrogen (secondary N) is 1. The first-order valence-corrected chi connectivity index (χ1v) is 10.1. The van der Waals surface area contributed by atoms with Crippen LogP contribution in [0.4, 0.5) is 0 Å². The number of furan rings is 1. The van der Waals surface area contributed by atoms with Crippen molar-refractivity contribution in [2.45, 2.75) is 38.0 Å². The third kappa shape index (κ3) is 3.89. The molecule has 0 spiro atoms. The van der Waals surface area contributed by atoms with Crippen molar-refractivity contribution in [2.75, 3.05) is 19.8 Å². The first-order valence-electron chi connectivity index (χ1n) is 10.1. The first-order chi connectivity index (χ1) is 14.1. The molecule has 0 bridgehead atoms. The Hall–Kier alpha value is -2.38. The highest BCUT2D eigenvalue weighted by Gasteiger charge is 2.41. The van der Waals surface area contributed by atoms with Crippen LogP contribution >= 0.6 is 0 Å². The van der Waals surface area contributed by atoms with E-state index in [2.05, 4.69) is 5.32 Å². The highest BCUT2D eigenvalue weighted by molar-refractivity contribution is 5.92. The summed E-state index contributed by atoms with van der Waals surface area (Å²) < 4.78 is 11.6. The standard InChI is InChI=1S/C23H27NO5/c1-2-28-22(27)20-19-16(10-13-24-23(14-25)11-12-23)17(26)8-9-18(19)29-21(20)15-6-4-3-5-7-15/h3-9,22,24-27H,2,10-14H2,1H3. The summed E-state index contributed by atoms with van der Waals surface area (Å²) in [5.41, 5.74) is 2.47. The largest absolute Gasteiger partial charge is 0.508 e. The van der Waals surface area contributed by atoms with E-state index < -0.39 is 6.29 Å². The smallest absolute Gasteiger partial charge is 0.185 e. The molecule has 1 heterocycles. The van der Waals surface area contributed by atoms with Crippen molar-refractivity contribution in [3.63, 3.8) is 0 Å². The molecule has 6 nitrogen and oxygen atoms in total. The SMILES string of the molecule is CCOC(O)c1c(-c2ccccc2)oc2ccc(O)c(CCNC3(CO)CC3)c12. The van der Waals surface area contributed by atoms with Gasteiger partial charge in [0, 0.05) is 28.7 Å². The molecule has 1 aromatic heterocycles. The van der Waals surface area contributed by atoms with Gasteiger partial charge in [0.15, 0.2) is 6.29 Å². The number of aliphatic hydroxyl groups is 2. The number of phenolic OH excluding ortho intramolecular Hbond substituents is 1. The molecule has 0 aliphatic heterocycles. The maximum atomic E-state index is 10.8. The van der Waals surface area contributed by atoms with Crippen LogP contribution in [0.25, 0.3) is 22.3 Å². The van der Waals surface area contributed by atoms with E-state index in [-0.39, 0.29) is 17.9 Å². The molecule has 1 aliphatic carbocycles. The number of rotatable bonds is 9. The second-order valence-corrected chi connectivity index (χ2v) is 7.57. The Balaban J connectivity index is 1.78. The van der Waals surface area contributed by atoms with Gasteiger partial charge in [-0.3, -0.25) is 0 Å². The van der Waals surface area contributed by atoms with Gasteiger partial charge in [-0.25, -0.2) is 0 Å². The minimum atomic E-state index is -1.17. The lowest BCUT2D eigenvalue weighted by Gasteiger charge is -2.16. The minimum Gasteiger partial charge on any atom is -0.508 e. The molecule has 3 aromatic rings. The van der Waals surface area contributed by atoms with Crippen molar-refractivity contribution in [3.8, 4) is 17.1 Å². The topological polar surface area (TPSA) is 95.1 Å². The van der Waals surface area contributed by atoms with Gasteiger partial charge in [0.05, 0.1) is 12.2 Å². The van der Waals surface area contributed by atoms with Crippen molar-refractivity contribution in [1.29, 1.82) is 0 Å². The van der Waals surface area contributed by atoms with Crippen LogP contribution in [0.3, 0.4) is 0 Å². The van der Waals surface area contributed by atoms with E-state index in [0.717, 1.165) is 18.4 Å². The van der Waals surface area contributed by atoms with Crippen LogP contribution in [-0.4, -0.2) is 40.6 Å². The number of aliphatic hydroxyl groups excluding tert-OH is 2.